The standard InChI is InChI=1S/C9H15N2.BF4/c1-3-4-5-6-11-8-7-10(2)9-11;2-1(3,4)5/h4-5,7-9H,3,6H2,1-2H3;/q+1;-1/b5-4+;. The number of hydrogen-bond donors (Lipinski definition) is 0. The van der Waals surface area contributed by atoms with Gasteiger partial charge in [-0.2, -0.15) is 0 Å². The zero-order valence-corrected chi connectivity index (χ0v) is 9.28. The Labute approximate surface area is 92.3 Å². The predicted octanol–water partition coefficient (Wildman–Crippen LogP) is 2.58. The number of nitrogens with zero attached hydrogens (tertiary/aromatic N) is 2. The van der Waals surface area contributed by atoms with Gasteiger partial charge in [-0.25, -0.2) is 9.13 Å². The fourth-order valence-electron chi connectivity index (χ4n) is 0.973. The first-order valence-electron chi connectivity index (χ1n) is 4.86. The SMILES string of the molecule is CC/C=C/C[n+]1ccn(C)c1.F[B-](F)(F)F. The van der Waals surface area contributed by atoms with Crippen LogP contribution in [0.25, 0.3) is 0 Å². The third kappa shape index (κ3) is 10.8. The van der Waals surface area contributed by atoms with Gasteiger partial charge in [0.25, 0.3) is 0 Å². The van der Waals surface area contributed by atoms with Crippen molar-refractivity contribution in [3.05, 3.63) is 30.9 Å². The molecule has 0 fully saturated rings. The molecule has 2 nitrogen and oxygen atoms in total. The zero-order chi connectivity index (χ0) is 12.6. The molecule has 0 saturated heterocycles. The summed E-state index contributed by atoms with van der Waals surface area (Å²) in [7, 11) is -3.97. The second kappa shape index (κ2) is 7.08. The topological polar surface area (TPSA) is 8.81 Å². The monoisotopic (exact) mass is 238 g/mol. The number of halogens is 4. The summed E-state index contributed by atoms with van der Waals surface area (Å²) in [5, 5.41) is 0. The van der Waals surface area contributed by atoms with Crippen molar-refractivity contribution in [3.63, 3.8) is 0 Å². The molecule has 1 heterocycles. The fourth-order valence-corrected chi connectivity index (χ4v) is 0.973. The van der Waals surface area contributed by atoms with Crippen molar-refractivity contribution in [3.8, 4) is 0 Å². The number of aryl methyl sites for hydroxylation is 1. The molecule has 0 spiro atoms. The minimum atomic E-state index is -6.00. The van der Waals surface area contributed by atoms with Gasteiger partial charge in [0.1, 0.15) is 18.9 Å². The van der Waals surface area contributed by atoms with E-state index in [0.29, 0.717) is 0 Å². The van der Waals surface area contributed by atoms with Crippen molar-refractivity contribution in [1.82, 2.24) is 4.57 Å². The first-order chi connectivity index (χ1) is 7.33. The van der Waals surface area contributed by atoms with Crippen LogP contribution in [-0.2, 0) is 13.6 Å². The van der Waals surface area contributed by atoms with E-state index >= 15 is 0 Å². The first-order valence-corrected chi connectivity index (χ1v) is 4.86. The molecule has 0 aromatic carbocycles. The highest BCUT2D eigenvalue weighted by Gasteiger charge is 2.20. The molecular weight excluding hydrogens is 223 g/mol. The summed E-state index contributed by atoms with van der Waals surface area (Å²) in [5.74, 6) is 0. The van der Waals surface area contributed by atoms with Gasteiger partial charge in [0.15, 0.2) is 0 Å². The molecule has 0 aliphatic carbocycles. The number of imidazole rings is 1. The van der Waals surface area contributed by atoms with Crippen LogP contribution >= 0.6 is 0 Å². The minimum Gasteiger partial charge on any atom is -0.418 e. The van der Waals surface area contributed by atoms with Gasteiger partial charge in [-0.05, 0) is 12.5 Å². The molecule has 7 heteroatoms. The summed E-state index contributed by atoms with van der Waals surface area (Å²) in [6, 6.07) is 0. The maximum Gasteiger partial charge on any atom is 0.673 e. The van der Waals surface area contributed by atoms with Gasteiger partial charge < -0.3 is 17.3 Å². The Kier molecular flexibility index (Phi) is 6.52. The van der Waals surface area contributed by atoms with E-state index in [2.05, 4.69) is 36.2 Å². The Morgan fingerprint density at radius 3 is 2.19 bits per heavy atom. The average Bonchev–Trinajstić information content (AvgIpc) is 2.49. The average molecular weight is 238 g/mol. The molecule has 0 aliphatic rings. The van der Waals surface area contributed by atoms with Gasteiger partial charge in [-0.1, -0.05) is 13.0 Å². The van der Waals surface area contributed by atoms with Crippen molar-refractivity contribution in [2.45, 2.75) is 19.9 Å². The number of rotatable bonds is 3. The van der Waals surface area contributed by atoms with Crippen molar-refractivity contribution in [2.24, 2.45) is 7.05 Å². The van der Waals surface area contributed by atoms with Crippen LogP contribution in [0.3, 0.4) is 0 Å². The lowest BCUT2D eigenvalue weighted by Crippen LogP contribution is -2.29. The molecule has 0 atom stereocenters. The van der Waals surface area contributed by atoms with Crippen LogP contribution in [-0.4, -0.2) is 11.8 Å². The lowest BCUT2D eigenvalue weighted by atomic mass is 10.3. The van der Waals surface area contributed by atoms with Crippen molar-refractivity contribution in [2.75, 3.05) is 0 Å². The van der Waals surface area contributed by atoms with E-state index in [0.717, 1.165) is 13.0 Å². The minimum absolute atomic E-state index is 0.981. The van der Waals surface area contributed by atoms with Crippen LogP contribution in [0.15, 0.2) is 30.9 Å². The van der Waals surface area contributed by atoms with E-state index in [9.17, 15) is 17.3 Å². The molecule has 0 N–H and O–H groups in total. The predicted molar refractivity (Wildman–Crippen MR) is 55.2 cm³/mol. The van der Waals surface area contributed by atoms with Crippen LogP contribution in [0.1, 0.15) is 13.3 Å². The Morgan fingerprint density at radius 2 is 1.81 bits per heavy atom. The summed E-state index contributed by atoms with van der Waals surface area (Å²) in [6.45, 7) is 3.13. The van der Waals surface area contributed by atoms with E-state index < -0.39 is 7.25 Å². The number of hydrogen-bond acceptors (Lipinski definition) is 0. The van der Waals surface area contributed by atoms with Gasteiger partial charge in [0.05, 0.1) is 7.05 Å². The highest BCUT2D eigenvalue weighted by atomic mass is 19.5. The largest absolute Gasteiger partial charge is 0.673 e. The van der Waals surface area contributed by atoms with E-state index in [1.807, 2.05) is 17.8 Å². The summed E-state index contributed by atoms with van der Waals surface area (Å²) < 4.78 is 43.2. The maximum absolute atomic E-state index is 9.75. The van der Waals surface area contributed by atoms with Gasteiger partial charge in [-0.3, -0.25) is 0 Å². The molecule has 0 saturated carbocycles. The van der Waals surface area contributed by atoms with Crippen LogP contribution in [0.4, 0.5) is 17.3 Å². The maximum atomic E-state index is 9.75. The van der Waals surface area contributed by atoms with E-state index in [1.165, 1.54) is 0 Å². The summed E-state index contributed by atoms with van der Waals surface area (Å²) in [6.07, 6.45) is 11.7. The quantitative estimate of drug-likeness (QED) is 0.331. The van der Waals surface area contributed by atoms with Crippen LogP contribution < -0.4 is 4.57 Å². The Balaban J connectivity index is 0.000000385. The zero-order valence-electron chi connectivity index (χ0n) is 9.28. The van der Waals surface area contributed by atoms with Gasteiger partial charge in [-0.15, -0.1) is 0 Å². The second-order valence-corrected chi connectivity index (χ2v) is 3.15. The number of allylic oxidation sites excluding steroid dienone is 2. The normalized spacial score (nSPS) is 11.4. The molecule has 0 aliphatic heterocycles. The van der Waals surface area contributed by atoms with E-state index in [1.54, 1.807) is 0 Å². The molecule has 0 bridgehead atoms. The van der Waals surface area contributed by atoms with Crippen LogP contribution in [0, 0.1) is 0 Å². The molecular formula is C9H15BF4N2. The first kappa shape index (κ1) is 14.7. The van der Waals surface area contributed by atoms with Crippen LogP contribution in [0.5, 0.6) is 0 Å². The number of aromatic nitrogens is 2. The van der Waals surface area contributed by atoms with Gasteiger partial charge in [0, 0.05) is 0 Å². The highest BCUT2D eigenvalue weighted by molar-refractivity contribution is 6.50. The Morgan fingerprint density at radius 1 is 1.25 bits per heavy atom. The molecule has 16 heavy (non-hydrogen) atoms. The second-order valence-electron chi connectivity index (χ2n) is 3.15. The summed E-state index contributed by atoms with van der Waals surface area (Å²) in [4.78, 5) is 0. The van der Waals surface area contributed by atoms with Crippen LogP contribution in [0.2, 0.25) is 0 Å². The molecule has 0 amide bonds. The van der Waals surface area contributed by atoms with Gasteiger partial charge in [0.2, 0.25) is 6.33 Å². The molecule has 0 radical (unpaired) electrons. The molecule has 1 aromatic rings. The Hall–Kier alpha value is -1.27. The van der Waals surface area contributed by atoms with Gasteiger partial charge >= 0.3 is 7.25 Å². The summed E-state index contributed by atoms with van der Waals surface area (Å²) >= 11 is 0. The molecule has 1 rings (SSSR count). The van der Waals surface area contributed by atoms with Crippen molar-refractivity contribution in [1.29, 1.82) is 0 Å². The Bertz CT molecular complexity index is 314. The lowest BCUT2D eigenvalue weighted by Gasteiger charge is -1.94. The van der Waals surface area contributed by atoms with E-state index in [-0.39, 0.29) is 0 Å². The molecule has 1 aromatic heterocycles. The van der Waals surface area contributed by atoms with E-state index in [4.69, 9.17) is 0 Å². The lowest BCUT2D eigenvalue weighted by molar-refractivity contribution is -0.686. The third-order valence-corrected chi connectivity index (χ3v) is 1.54. The fraction of sp³-hybridized carbons (Fsp3) is 0.444. The van der Waals surface area contributed by atoms with Crippen molar-refractivity contribution < 1.29 is 21.8 Å². The summed E-state index contributed by atoms with van der Waals surface area (Å²) in [5.41, 5.74) is 0. The third-order valence-electron chi connectivity index (χ3n) is 1.54. The highest BCUT2D eigenvalue weighted by Crippen LogP contribution is 2.06. The van der Waals surface area contributed by atoms with Crippen molar-refractivity contribution >= 4 is 7.25 Å². The smallest absolute Gasteiger partial charge is 0.418 e. The molecule has 92 valence electrons. The molecule has 0 unspecified atom stereocenters.